The molecule has 0 fully saturated rings. The molecule has 2 N–H and O–H groups in total. The van der Waals surface area contributed by atoms with Gasteiger partial charge in [0.15, 0.2) is 0 Å². The van der Waals surface area contributed by atoms with Gasteiger partial charge in [0.1, 0.15) is 11.6 Å². The molecular formula is C29H21N5. The lowest BCUT2D eigenvalue weighted by atomic mass is 9.95. The number of rotatable bonds is 2. The Balaban J connectivity index is 1.40. The van der Waals surface area contributed by atoms with E-state index in [2.05, 4.69) is 80.6 Å². The number of pyridine rings is 1. The molecule has 0 saturated carbocycles. The molecule has 3 aromatic heterocycles. The fourth-order valence-corrected chi connectivity index (χ4v) is 5.02. The third kappa shape index (κ3) is 2.83. The van der Waals surface area contributed by atoms with Crippen LogP contribution in [0.4, 0.5) is 0 Å². The first-order chi connectivity index (χ1) is 16.6. The summed E-state index contributed by atoms with van der Waals surface area (Å²) in [4.78, 5) is 20.2. The van der Waals surface area contributed by atoms with Gasteiger partial charge in [-0.1, -0.05) is 36.4 Å². The molecule has 3 heterocycles. The fraction of sp³-hybridized carbons (Fsp3) is 0.0690. The van der Waals surface area contributed by atoms with E-state index in [1.54, 1.807) is 0 Å². The molecule has 34 heavy (non-hydrogen) atoms. The number of benzene rings is 4. The van der Waals surface area contributed by atoms with Gasteiger partial charge in [-0.2, -0.15) is 0 Å². The van der Waals surface area contributed by atoms with Crippen LogP contribution in [-0.2, 0) is 0 Å². The predicted octanol–water partition coefficient (Wildman–Crippen LogP) is 7.09. The van der Waals surface area contributed by atoms with Crippen molar-refractivity contribution in [1.82, 2.24) is 24.9 Å². The Morgan fingerprint density at radius 2 is 1.38 bits per heavy atom. The van der Waals surface area contributed by atoms with Gasteiger partial charge in [0.2, 0.25) is 0 Å². The number of aromatic nitrogens is 5. The van der Waals surface area contributed by atoms with Crippen LogP contribution >= 0.6 is 0 Å². The molecule has 0 aliphatic carbocycles. The summed E-state index contributed by atoms with van der Waals surface area (Å²) in [5.74, 6) is 1.84. The highest BCUT2D eigenvalue weighted by atomic mass is 14.9. The van der Waals surface area contributed by atoms with E-state index in [1.165, 1.54) is 38.1 Å². The van der Waals surface area contributed by atoms with Crippen molar-refractivity contribution < 1.29 is 0 Å². The van der Waals surface area contributed by atoms with Gasteiger partial charge in [-0.25, -0.2) is 9.97 Å². The number of nitrogens with one attached hydrogen (secondary N) is 2. The minimum atomic E-state index is 0.913. The first kappa shape index (κ1) is 19.0. The summed E-state index contributed by atoms with van der Waals surface area (Å²) in [7, 11) is 0. The molecule has 5 nitrogen and oxygen atoms in total. The fourth-order valence-electron chi connectivity index (χ4n) is 5.02. The third-order valence-corrected chi connectivity index (χ3v) is 6.66. The monoisotopic (exact) mass is 439 g/mol. The molecule has 0 aliphatic rings. The highest BCUT2D eigenvalue weighted by molar-refractivity contribution is 6.23. The Morgan fingerprint density at radius 3 is 2.21 bits per heavy atom. The van der Waals surface area contributed by atoms with Crippen molar-refractivity contribution in [2.24, 2.45) is 0 Å². The Bertz CT molecular complexity index is 1890. The van der Waals surface area contributed by atoms with Gasteiger partial charge in [0.05, 0.1) is 22.9 Å². The second-order valence-electron chi connectivity index (χ2n) is 8.89. The average molecular weight is 440 g/mol. The summed E-state index contributed by atoms with van der Waals surface area (Å²) in [5.41, 5.74) is 6.62. The first-order valence-electron chi connectivity index (χ1n) is 11.4. The van der Waals surface area contributed by atoms with Crippen LogP contribution in [0.15, 0.2) is 79.3 Å². The molecule has 4 aromatic carbocycles. The van der Waals surface area contributed by atoms with Crippen LogP contribution in [0.3, 0.4) is 0 Å². The normalized spacial score (nSPS) is 11.8. The Labute approximate surface area is 195 Å². The van der Waals surface area contributed by atoms with Crippen LogP contribution in [0.2, 0.25) is 0 Å². The van der Waals surface area contributed by atoms with E-state index >= 15 is 0 Å². The molecule has 0 saturated heterocycles. The number of hydrogen-bond donors (Lipinski definition) is 2. The highest BCUT2D eigenvalue weighted by Gasteiger charge is 2.13. The van der Waals surface area contributed by atoms with Gasteiger partial charge in [-0.3, -0.25) is 4.98 Å². The summed E-state index contributed by atoms with van der Waals surface area (Å²) < 4.78 is 0. The molecule has 0 spiro atoms. The van der Waals surface area contributed by atoms with E-state index in [0.717, 1.165) is 39.3 Å². The number of hydrogen-bond acceptors (Lipinski definition) is 3. The predicted molar refractivity (Wildman–Crippen MR) is 139 cm³/mol. The van der Waals surface area contributed by atoms with Crippen LogP contribution in [0, 0.1) is 13.8 Å². The number of H-pyrrole nitrogens is 2. The maximum absolute atomic E-state index is 4.73. The maximum atomic E-state index is 4.73. The summed E-state index contributed by atoms with van der Waals surface area (Å²) in [6.45, 7) is 3.97. The zero-order valence-electron chi connectivity index (χ0n) is 18.8. The summed E-state index contributed by atoms with van der Waals surface area (Å²) >= 11 is 0. The molecule has 0 atom stereocenters. The lowest BCUT2D eigenvalue weighted by molar-refractivity contribution is 1.15. The standard InChI is InChI=1S/C29H21N5/c1-16-31-15-27(32-16)22-6-5-18-11-19(3-4-20(18)12-22)21-7-8-24-25(13-21)23-9-10-30-14-26(23)29-28(24)33-17(2)34-29/h3-15H,1-2H3,(H,31,32)(H,33,34). The number of imidazole rings is 2. The molecular weight excluding hydrogens is 418 g/mol. The second-order valence-corrected chi connectivity index (χ2v) is 8.89. The quantitative estimate of drug-likeness (QED) is 0.283. The van der Waals surface area contributed by atoms with E-state index in [4.69, 9.17) is 4.98 Å². The Kier molecular flexibility index (Phi) is 3.91. The van der Waals surface area contributed by atoms with Crippen molar-refractivity contribution in [1.29, 1.82) is 0 Å². The van der Waals surface area contributed by atoms with E-state index in [0.29, 0.717) is 0 Å². The van der Waals surface area contributed by atoms with Gasteiger partial charge >= 0.3 is 0 Å². The minimum absolute atomic E-state index is 0.913. The summed E-state index contributed by atoms with van der Waals surface area (Å²) in [5, 5.41) is 7.05. The van der Waals surface area contributed by atoms with Gasteiger partial charge in [0, 0.05) is 28.7 Å². The smallest absolute Gasteiger partial charge is 0.104 e. The zero-order chi connectivity index (χ0) is 22.8. The Hall–Kier alpha value is -4.51. The van der Waals surface area contributed by atoms with Gasteiger partial charge in [0.25, 0.3) is 0 Å². The molecule has 0 radical (unpaired) electrons. The first-order valence-corrected chi connectivity index (χ1v) is 11.4. The Morgan fingerprint density at radius 1 is 0.618 bits per heavy atom. The van der Waals surface area contributed by atoms with Gasteiger partial charge < -0.3 is 9.97 Å². The minimum Gasteiger partial charge on any atom is -0.342 e. The van der Waals surface area contributed by atoms with Crippen molar-refractivity contribution in [2.75, 3.05) is 0 Å². The largest absolute Gasteiger partial charge is 0.342 e. The van der Waals surface area contributed by atoms with E-state index in [9.17, 15) is 0 Å². The van der Waals surface area contributed by atoms with Gasteiger partial charge in [-0.05, 0) is 70.8 Å². The zero-order valence-corrected chi connectivity index (χ0v) is 18.8. The molecule has 0 bridgehead atoms. The van der Waals surface area contributed by atoms with Crippen molar-refractivity contribution in [3.63, 3.8) is 0 Å². The topological polar surface area (TPSA) is 70.2 Å². The van der Waals surface area contributed by atoms with Crippen molar-refractivity contribution in [3.05, 3.63) is 90.9 Å². The van der Waals surface area contributed by atoms with Crippen molar-refractivity contribution >= 4 is 43.4 Å². The van der Waals surface area contributed by atoms with Crippen LogP contribution in [0.5, 0.6) is 0 Å². The molecule has 7 rings (SSSR count). The lowest BCUT2D eigenvalue weighted by Gasteiger charge is -2.10. The highest BCUT2D eigenvalue weighted by Crippen LogP contribution is 2.36. The van der Waals surface area contributed by atoms with Crippen LogP contribution in [0.25, 0.3) is 65.7 Å². The average Bonchev–Trinajstić information content (AvgIpc) is 3.49. The number of aromatic amines is 2. The van der Waals surface area contributed by atoms with E-state index in [-0.39, 0.29) is 0 Å². The molecule has 0 unspecified atom stereocenters. The third-order valence-electron chi connectivity index (χ3n) is 6.66. The number of aryl methyl sites for hydroxylation is 2. The molecule has 0 aliphatic heterocycles. The van der Waals surface area contributed by atoms with Crippen LogP contribution < -0.4 is 0 Å². The SMILES string of the molecule is Cc1ncc(-c2ccc3cc(-c4ccc5c(c4)c4ccncc4c4nc(C)[nH]c54)ccc3c2)[nH]1. The lowest BCUT2D eigenvalue weighted by Crippen LogP contribution is -1.86. The number of nitrogens with zero attached hydrogens (tertiary/aromatic N) is 3. The molecule has 0 amide bonds. The summed E-state index contributed by atoms with van der Waals surface area (Å²) in [6.07, 6.45) is 5.66. The second kappa shape index (κ2) is 6.99. The summed E-state index contributed by atoms with van der Waals surface area (Å²) in [6, 6.07) is 22.0. The number of fused-ring (bicyclic) bond motifs is 7. The molecule has 162 valence electrons. The van der Waals surface area contributed by atoms with Crippen molar-refractivity contribution in [3.8, 4) is 22.4 Å². The van der Waals surface area contributed by atoms with E-state index in [1.807, 2.05) is 32.4 Å². The molecule has 5 heteroatoms. The van der Waals surface area contributed by atoms with Crippen LogP contribution in [0.1, 0.15) is 11.6 Å². The van der Waals surface area contributed by atoms with Gasteiger partial charge in [-0.15, -0.1) is 0 Å². The molecule has 7 aromatic rings. The maximum Gasteiger partial charge on any atom is 0.104 e. The van der Waals surface area contributed by atoms with E-state index < -0.39 is 0 Å². The van der Waals surface area contributed by atoms with Crippen LogP contribution in [-0.4, -0.2) is 24.9 Å². The van der Waals surface area contributed by atoms with Crippen molar-refractivity contribution in [2.45, 2.75) is 13.8 Å².